The van der Waals surface area contributed by atoms with E-state index in [1.165, 1.54) is 0 Å². The molecule has 3 rings (SSSR count). The molecule has 18 heavy (non-hydrogen) atoms. The second-order valence-electron chi connectivity index (χ2n) is 3.93. The largest absolute Gasteiger partial charge is 0.371 e. The zero-order valence-corrected chi connectivity index (χ0v) is 10.1. The van der Waals surface area contributed by atoms with E-state index in [9.17, 15) is 0 Å². The van der Waals surface area contributed by atoms with Gasteiger partial charge in [0.15, 0.2) is 5.82 Å². The van der Waals surface area contributed by atoms with Crippen LogP contribution in [0.25, 0.3) is 22.3 Å². The highest BCUT2D eigenvalue weighted by molar-refractivity contribution is 5.88. The quantitative estimate of drug-likeness (QED) is 0.734. The van der Waals surface area contributed by atoms with Crippen LogP contribution in [0.4, 0.5) is 5.82 Å². The molecule has 6 heteroatoms. The number of anilines is 1. The molecule has 3 heterocycles. The van der Waals surface area contributed by atoms with Gasteiger partial charge in [0.05, 0.1) is 17.4 Å². The minimum absolute atomic E-state index is 0.722. The summed E-state index contributed by atoms with van der Waals surface area (Å²) in [4.78, 5) is 13.1. The van der Waals surface area contributed by atoms with Crippen molar-refractivity contribution in [3.05, 3.63) is 30.9 Å². The van der Waals surface area contributed by atoms with E-state index in [1.807, 2.05) is 26.4 Å². The highest BCUT2D eigenvalue weighted by Gasteiger charge is 2.09. The van der Waals surface area contributed by atoms with E-state index < -0.39 is 0 Å². The molecule has 0 bridgehead atoms. The fraction of sp³-hybridized carbons (Fsp3) is 0.167. The molecule has 0 spiro atoms. The Kier molecular flexibility index (Phi) is 2.40. The van der Waals surface area contributed by atoms with E-state index >= 15 is 0 Å². The number of aromatic nitrogens is 5. The van der Waals surface area contributed by atoms with Gasteiger partial charge in [0.25, 0.3) is 0 Å². The van der Waals surface area contributed by atoms with Gasteiger partial charge in [-0.1, -0.05) is 0 Å². The Morgan fingerprint density at radius 3 is 2.78 bits per heavy atom. The van der Waals surface area contributed by atoms with E-state index in [0.29, 0.717) is 0 Å². The molecule has 0 saturated carbocycles. The van der Waals surface area contributed by atoms with Crippen LogP contribution in [0.15, 0.2) is 30.9 Å². The minimum atomic E-state index is 0.722. The van der Waals surface area contributed by atoms with Crippen molar-refractivity contribution in [3.63, 3.8) is 0 Å². The van der Waals surface area contributed by atoms with Gasteiger partial charge < -0.3 is 5.32 Å². The van der Waals surface area contributed by atoms with Crippen molar-refractivity contribution in [1.82, 2.24) is 24.7 Å². The molecule has 0 aliphatic heterocycles. The second-order valence-corrected chi connectivity index (χ2v) is 3.93. The first-order valence-electron chi connectivity index (χ1n) is 5.56. The van der Waals surface area contributed by atoms with E-state index in [4.69, 9.17) is 0 Å². The Hall–Kier alpha value is -2.50. The maximum Gasteiger partial charge on any atom is 0.154 e. The number of aryl methyl sites for hydroxylation is 1. The number of fused-ring (bicyclic) bond motifs is 1. The Labute approximate surface area is 104 Å². The predicted octanol–water partition coefficient (Wildman–Crippen LogP) is 1.47. The number of hydrogen-bond acceptors (Lipinski definition) is 5. The van der Waals surface area contributed by atoms with Crippen LogP contribution in [0.1, 0.15) is 0 Å². The summed E-state index contributed by atoms with van der Waals surface area (Å²) in [5, 5.41) is 7.19. The Morgan fingerprint density at radius 2 is 2.06 bits per heavy atom. The maximum absolute atomic E-state index is 4.54. The molecule has 3 aromatic rings. The predicted molar refractivity (Wildman–Crippen MR) is 69.1 cm³/mol. The van der Waals surface area contributed by atoms with Crippen molar-refractivity contribution in [2.45, 2.75) is 0 Å². The molecule has 0 radical (unpaired) electrons. The SMILES string of the molecule is CNc1nc(-c2cnn(C)c2)cc2nccnc12. The Balaban J connectivity index is 2.25. The van der Waals surface area contributed by atoms with Gasteiger partial charge in [-0.25, -0.2) is 9.97 Å². The van der Waals surface area contributed by atoms with Crippen molar-refractivity contribution < 1.29 is 0 Å². The lowest BCUT2D eigenvalue weighted by Gasteiger charge is -2.05. The van der Waals surface area contributed by atoms with Crippen LogP contribution in [0.3, 0.4) is 0 Å². The molecule has 0 aliphatic carbocycles. The average molecular weight is 240 g/mol. The molecule has 0 atom stereocenters. The van der Waals surface area contributed by atoms with Gasteiger partial charge in [-0.05, 0) is 6.07 Å². The summed E-state index contributed by atoms with van der Waals surface area (Å²) in [5.74, 6) is 0.722. The van der Waals surface area contributed by atoms with E-state index in [0.717, 1.165) is 28.1 Å². The lowest BCUT2D eigenvalue weighted by Crippen LogP contribution is -1.98. The monoisotopic (exact) mass is 240 g/mol. The number of hydrogen-bond donors (Lipinski definition) is 1. The van der Waals surface area contributed by atoms with Crippen molar-refractivity contribution in [3.8, 4) is 11.3 Å². The third kappa shape index (κ3) is 1.67. The van der Waals surface area contributed by atoms with Crippen LogP contribution in [0, 0.1) is 0 Å². The zero-order chi connectivity index (χ0) is 12.5. The van der Waals surface area contributed by atoms with Gasteiger partial charge in [0, 0.05) is 38.2 Å². The number of nitrogens with one attached hydrogen (secondary N) is 1. The first-order chi connectivity index (χ1) is 8.78. The number of pyridine rings is 1. The zero-order valence-electron chi connectivity index (χ0n) is 10.1. The standard InChI is InChI=1S/C12H12N6/c1-13-12-11-10(14-3-4-15-11)5-9(17-12)8-6-16-18(2)7-8/h3-7H,1-2H3,(H,13,17). The number of rotatable bonds is 2. The van der Waals surface area contributed by atoms with Crippen LogP contribution < -0.4 is 5.32 Å². The summed E-state index contributed by atoms with van der Waals surface area (Å²) in [6, 6.07) is 1.92. The molecule has 1 N–H and O–H groups in total. The Morgan fingerprint density at radius 1 is 1.22 bits per heavy atom. The maximum atomic E-state index is 4.54. The third-order valence-corrected chi connectivity index (χ3v) is 2.69. The lowest BCUT2D eigenvalue weighted by molar-refractivity contribution is 0.768. The molecule has 90 valence electrons. The van der Waals surface area contributed by atoms with Crippen LogP contribution in [-0.2, 0) is 7.05 Å². The Bertz CT molecular complexity index is 703. The van der Waals surface area contributed by atoms with Gasteiger partial charge in [-0.15, -0.1) is 0 Å². The first-order valence-corrected chi connectivity index (χ1v) is 5.56. The third-order valence-electron chi connectivity index (χ3n) is 2.69. The molecule has 0 aliphatic rings. The molecule has 0 fully saturated rings. The lowest BCUT2D eigenvalue weighted by atomic mass is 10.2. The van der Waals surface area contributed by atoms with Crippen LogP contribution >= 0.6 is 0 Å². The highest BCUT2D eigenvalue weighted by Crippen LogP contribution is 2.24. The van der Waals surface area contributed by atoms with Gasteiger partial charge in [0.2, 0.25) is 0 Å². The summed E-state index contributed by atoms with van der Waals surface area (Å²) in [6.07, 6.45) is 7.04. The van der Waals surface area contributed by atoms with Crippen LogP contribution in [-0.4, -0.2) is 31.8 Å². The normalized spacial score (nSPS) is 10.8. The molecular formula is C12H12N6. The van der Waals surface area contributed by atoms with Gasteiger partial charge in [0.1, 0.15) is 5.52 Å². The van der Waals surface area contributed by atoms with Crippen molar-refractivity contribution in [2.75, 3.05) is 12.4 Å². The van der Waals surface area contributed by atoms with E-state index in [1.54, 1.807) is 23.3 Å². The topological polar surface area (TPSA) is 68.5 Å². The summed E-state index contributed by atoms with van der Waals surface area (Å²) < 4.78 is 1.75. The minimum Gasteiger partial charge on any atom is -0.371 e. The fourth-order valence-electron chi connectivity index (χ4n) is 1.85. The smallest absolute Gasteiger partial charge is 0.154 e. The molecule has 0 aromatic carbocycles. The highest BCUT2D eigenvalue weighted by atomic mass is 15.2. The summed E-state index contributed by atoms with van der Waals surface area (Å²) in [7, 11) is 3.70. The fourth-order valence-corrected chi connectivity index (χ4v) is 1.85. The summed E-state index contributed by atoms with van der Waals surface area (Å²) >= 11 is 0. The van der Waals surface area contributed by atoms with Crippen molar-refractivity contribution in [1.29, 1.82) is 0 Å². The molecular weight excluding hydrogens is 228 g/mol. The average Bonchev–Trinajstić information content (AvgIpc) is 2.84. The van der Waals surface area contributed by atoms with E-state index in [-0.39, 0.29) is 0 Å². The summed E-state index contributed by atoms with van der Waals surface area (Å²) in [6.45, 7) is 0. The van der Waals surface area contributed by atoms with Crippen molar-refractivity contribution >= 4 is 16.9 Å². The first kappa shape index (κ1) is 10.6. The molecule has 3 aromatic heterocycles. The molecule has 6 nitrogen and oxygen atoms in total. The van der Waals surface area contributed by atoms with Gasteiger partial charge >= 0.3 is 0 Å². The van der Waals surface area contributed by atoms with Crippen LogP contribution in [0.5, 0.6) is 0 Å². The van der Waals surface area contributed by atoms with E-state index in [2.05, 4.69) is 25.4 Å². The summed E-state index contributed by atoms with van der Waals surface area (Å²) in [5.41, 5.74) is 3.38. The van der Waals surface area contributed by atoms with Gasteiger partial charge in [-0.2, -0.15) is 5.10 Å². The second kappa shape index (κ2) is 4.06. The molecule has 0 amide bonds. The van der Waals surface area contributed by atoms with Crippen molar-refractivity contribution in [2.24, 2.45) is 7.05 Å². The molecule has 0 saturated heterocycles. The molecule has 0 unspecified atom stereocenters. The van der Waals surface area contributed by atoms with Crippen LogP contribution in [0.2, 0.25) is 0 Å². The van der Waals surface area contributed by atoms with Gasteiger partial charge in [-0.3, -0.25) is 9.67 Å². The number of nitrogens with zero attached hydrogens (tertiary/aromatic N) is 5.